The maximum Gasteiger partial charge on any atom is 0.280 e. The molecule has 0 aliphatic carbocycles. The Morgan fingerprint density at radius 3 is 2.67 bits per heavy atom. The van der Waals surface area contributed by atoms with Crippen LogP contribution in [0.1, 0.15) is 39.7 Å². The second-order valence-corrected chi connectivity index (χ2v) is 6.88. The highest BCUT2D eigenvalue weighted by Crippen LogP contribution is 2.23. The molecule has 1 atom stereocenters. The number of aromatic nitrogens is 3. The van der Waals surface area contributed by atoms with E-state index in [2.05, 4.69) is 20.9 Å². The second-order valence-electron chi connectivity index (χ2n) is 6.88. The van der Waals surface area contributed by atoms with Crippen LogP contribution in [0.3, 0.4) is 0 Å². The Bertz CT molecular complexity index is 881. The molecule has 2 amide bonds. The zero-order chi connectivity index (χ0) is 17.5. The van der Waals surface area contributed by atoms with E-state index in [-0.39, 0.29) is 24.3 Å². The topological polar surface area (TPSA) is 106 Å². The van der Waals surface area contributed by atoms with Crippen molar-refractivity contribution in [2.75, 3.05) is 5.32 Å². The maximum absolute atomic E-state index is 12.9. The van der Waals surface area contributed by atoms with E-state index < -0.39 is 17.5 Å². The van der Waals surface area contributed by atoms with Gasteiger partial charge in [-0.05, 0) is 39.3 Å². The molecular weight excluding hydrogens is 310 g/mol. The summed E-state index contributed by atoms with van der Waals surface area (Å²) in [6.45, 7) is 5.96. The van der Waals surface area contributed by atoms with Crippen molar-refractivity contribution in [1.82, 2.24) is 20.3 Å². The minimum Gasteiger partial charge on any atom is -0.380 e. The molecule has 1 fully saturated rings. The van der Waals surface area contributed by atoms with Crippen LogP contribution in [0.5, 0.6) is 0 Å². The van der Waals surface area contributed by atoms with Crippen LogP contribution in [0.15, 0.2) is 23.0 Å². The van der Waals surface area contributed by atoms with Crippen LogP contribution in [0.2, 0.25) is 0 Å². The van der Waals surface area contributed by atoms with Crippen molar-refractivity contribution >= 4 is 28.4 Å². The fraction of sp³-hybridized carbons (Fsp3) is 0.438. The number of nitrogens with one attached hydrogen (secondary N) is 2. The number of amides is 2. The second kappa shape index (κ2) is 5.70. The van der Waals surface area contributed by atoms with E-state index in [1.807, 2.05) is 20.8 Å². The van der Waals surface area contributed by atoms with Gasteiger partial charge in [-0.15, -0.1) is 5.10 Å². The van der Waals surface area contributed by atoms with E-state index >= 15 is 0 Å². The number of carbonyl (C=O) groups excluding carboxylic acids is 2. The molecule has 2 aromatic rings. The lowest BCUT2D eigenvalue weighted by molar-refractivity contribution is -0.136. The summed E-state index contributed by atoms with van der Waals surface area (Å²) < 4.78 is 1.07. The molecule has 1 aliphatic rings. The van der Waals surface area contributed by atoms with Crippen molar-refractivity contribution in [2.24, 2.45) is 0 Å². The first-order chi connectivity index (χ1) is 11.3. The van der Waals surface area contributed by atoms with Crippen molar-refractivity contribution in [3.8, 4) is 0 Å². The lowest BCUT2D eigenvalue weighted by Crippen LogP contribution is -2.45. The van der Waals surface area contributed by atoms with Crippen LogP contribution in [0, 0.1) is 0 Å². The number of piperidine rings is 1. The van der Waals surface area contributed by atoms with E-state index in [4.69, 9.17) is 0 Å². The number of hydrogen-bond acceptors (Lipinski definition) is 6. The summed E-state index contributed by atoms with van der Waals surface area (Å²) in [4.78, 5) is 36.2. The van der Waals surface area contributed by atoms with Crippen molar-refractivity contribution in [3.05, 3.63) is 28.6 Å². The first-order valence-corrected chi connectivity index (χ1v) is 7.76. The van der Waals surface area contributed by atoms with Gasteiger partial charge in [0.05, 0.1) is 5.39 Å². The van der Waals surface area contributed by atoms with Gasteiger partial charge in [-0.3, -0.25) is 19.7 Å². The third-order valence-electron chi connectivity index (χ3n) is 3.73. The fourth-order valence-corrected chi connectivity index (χ4v) is 2.73. The van der Waals surface area contributed by atoms with E-state index in [1.165, 1.54) is 0 Å². The SMILES string of the molecule is CC(C)(C)Nc1cccc2nnn(C3CCC(=O)NC3=O)c(=O)c12. The average molecular weight is 329 g/mol. The Morgan fingerprint density at radius 2 is 2.00 bits per heavy atom. The molecule has 2 heterocycles. The van der Waals surface area contributed by atoms with Crippen molar-refractivity contribution in [2.45, 2.75) is 45.2 Å². The van der Waals surface area contributed by atoms with Gasteiger partial charge in [0, 0.05) is 17.6 Å². The molecule has 1 aliphatic heterocycles. The van der Waals surface area contributed by atoms with Gasteiger partial charge in [0.1, 0.15) is 11.6 Å². The Labute approximate surface area is 138 Å². The zero-order valence-electron chi connectivity index (χ0n) is 13.8. The van der Waals surface area contributed by atoms with Crippen LogP contribution in [-0.4, -0.2) is 32.3 Å². The van der Waals surface area contributed by atoms with Crippen LogP contribution in [-0.2, 0) is 9.59 Å². The molecule has 1 aromatic carbocycles. The molecule has 0 bridgehead atoms. The lowest BCUT2D eigenvalue weighted by atomic mass is 10.1. The summed E-state index contributed by atoms with van der Waals surface area (Å²) in [7, 11) is 0. The number of anilines is 1. The number of fused-ring (bicyclic) bond motifs is 1. The molecule has 0 spiro atoms. The van der Waals surface area contributed by atoms with Gasteiger partial charge in [-0.1, -0.05) is 11.3 Å². The first kappa shape index (κ1) is 16.1. The van der Waals surface area contributed by atoms with Gasteiger partial charge in [0.25, 0.3) is 11.5 Å². The van der Waals surface area contributed by atoms with Gasteiger partial charge in [-0.25, -0.2) is 0 Å². The predicted molar refractivity (Wildman–Crippen MR) is 88.6 cm³/mol. The molecule has 2 N–H and O–H groups in total. The van der Waals surface area contributed by atoms with Gasteiger partial charge in [0.2, 0.25) is 5.91 Å². The molecule has 3 rings (SSSR count). The summed E-state index contributed by atoms with van der Waals surface area (Å²) in [5.74, 6) is -0.864. The Hall–Kier alpha value is -2.77. The number of nitrogens with zero attached hydrogens (tertiary/aromatic N) is 3. The number of rotatable bonds is 2. The van der Waals surface area contributed by atoms with Crippen molar-refractivity contribution in [3.63, 3.8) is 0 Å². The maximum atomic E-state index is 12.9. The van der Waals surface area contributed by atoms with E-state index in [0.29, 0.717) is 16.6 Å². The highest BCUT2D eigenvalue weighted by atomic mass is 16.2. The van der Waals surface area contributed by atoms with E-state index in [1.54, 1.807) is 18.2 Å². The van der Waals surface area contributed by atoms with Crippen LogP contribution in [0.4, 0.5) is 5.69 Å². The molecule has 1 unspecified atom stereocenters. The van der Waals surface area contributed by atoms with Crippen molar-refractivity contribution < 1.29 is 9.59 Å². The Balaban J connectivity index is 2.13. The zero-order valence-corrected chi connectivity index (χ0v) is 13.8. The third-order valence-corrected chi connectivity index (χ3v) is 3.73. The van der Waals surface area contributed by atoms with E-state index in [9.17, 15) is 14.4 Å². The summed E-state index contributed by atoms with van der Waals surface area (Å²) in [6, 6.07) is 4.47. The summed E-state index contributed by atoms with van der Waals surface area (Å²) in [5, 5.41) is 13.9. The summed E-state index contributed by atoms with van der Waals surface area (Å²) in [5.41, 5.74) is 0.448. The summed E-state index contributed by atoms with van der Waals surface area (Å²) in [6.07, 6.45) is 0.407. The molecule has 1 aromatic heterocycles. The Morgan fingerprint density at radius 1 is 1.25 bits per heavy atom. The number of benzene rings is 1. The van der Waals surface area contributed by atoms with Gasteiger partial charge < -0.3 is 5.32 Å². The quantitative estimate of drug-likeness (QED) is 0.796. The smallest absolute Gasteiger partial charge is 0.280 e. The molecule has 8 heteroatoms. The number of carbonyl (C=O) groups is 2. The molecule has 0 saturated carbocycles. The molecule has 126 valence electrons. The molecule has 8 nitrogen and oxygen atoms in total. The molecule has 1 saturated heterocycles. The number of imide groups is 1. The van der Waals surface area contributed by atoms with Crippen LogP contribution < -0.4 is 16.2 Å². The van der Waals surface area contributed by atoms with Crippen LogP contribution >= 0.6 is 0 Å². The largest absolute Gasteiger partial charge is 0.380 e. The molecule has 0 radical (unpaired) electrons. The summed E-state index contributed by atoms with van der Waals surface area (Å²) >= 11 is 0. The van der Waals surface area contributed by atoms with E-state index in [0.717, 1.165) is 4.68 Å². The average Bonchev–Trinajstić information content (AvgIpc) is 2.47. The van der Waals surface area contributed by atoms with Crippen LogP contribution in [0.25, 0.3) is 10.9 Å². The third kappa shape index (κ3) is 2.99. The molecule has 24 heavy (non-hydrogen) atoms. The minimum absolute atomic E-state index is 0.171. The number of hydrogen-bond donors (Lipinski definition) is 2. The minimum atomic E-state index is -0.824. The standard InChI is InChI=1S/C16H19N5O3/c1-16(2,3)18-9-5-4-6-10-13(9)15(24)21(20-19-10)11-7-8-12(22)17-14(11)23/h4-6,11,18H,7-8H2,1-3H3,(H,17,22,23). The highest BCUT2D eigenvalue weighted by molar-refractivity contribution is 5.99. The van der Waals surface area contributed by atoms with Gasteiger partial charge >= 0.3 is 0 Å². The monoisotopic (exact) mass is 329 g/mol. The Kier molecular flexibility index (Phi) is 3.82. The first-order valence-electron chi connectivity index (χ1n) is 7.76. The highest BCUT2D eigenvalue weighted by Gasteiger charge is 2.30. The van der Waals surface area contributed by atoms with Crippen molar-refractivity contribution in [1.29, 1.82) is 0 Å². The van der Waals surface area contributed by atoms with Gasteiger partial charge in [-0.2, -0.15) is 4.68 Å². The van der Waals surface area contributed by atoms with Gasteiger partial charge in [0.15, 0.2) is 0 Å². The lowest BCUT2D eigenvalue weighted by Gasteiger charge is -2.24. The molecular formula is C16H19N5O3. The fourth-order valence-electron chi connectivity index (χ4n) is 2.73. The predicted octanol–water partition coefficient (Wildman–Crippen LogP) is 0.980. The normalized spacial score (nSPS) is 18.5.